The highest BCUT2D eigenvalue weighted by Gasteiger charge is 2.04. The Morgan fingerprint density at radius 3 is 2.74 bits per heavy atom. The van der Waals surface area contributed by atoms with E-state index in [2.05, 4.69) is 39.2 Å². The third-order valence-corrected chi connectivity index (χ3v) is 3.22. The van der Waals surface area contributed by atoms with Crippen LogP contribution in [0.5, 0.6) is 5.75 Å². The molecule has 0 aliphatic heterocycles. The zero-order chi connectivity index (χ0) is 13.5. The van der Waals surface area contributed by atoms with Crippen molar-refractivity contribution in [2.24, 2.45) is 0 Å². The van der Waals surface area contributed by atoms with Crippen molar-refractivity contribution < 1.29 is 4.74 Å². The topological polar surface area (TPSA) is 34.1 Å². The molecule has 3 nitrogen and oxygen atoms in total. The normalized spacial score (nSPS) is 10.4. The number of hydrogen-bond donors (Lipinski definition) is 1. The number of ether oxygens (including phenoxy) is 1. The van der Waals surface area contributed by atoms with Gasteiger partial charge >= 0.3 is 0 Å². The molecule has 4 heteroatoms. The van der Waals surface area contributed by atoms with Crippen LogP contribution in [0.25, 0.3) is 0 Å². The second-order valence-corrected chi connectivity index (χ2v) is 5.09. The van der Waals surface area contributed by atoms with Gasteiger partial charge in [0.05, 0.1) is 0 Å². The molecule has 2 rings (SSSR count). The predicted octanol–water partition coefficient (Wildman–Crippen LogP) is 3.53. The number of rotatable bonds is 6. The van der Waals surface area contributed by atoms with E-state index in [0.717, 1.165) is 34.4 Å². The SMILES string of the molecule is CCNCc1cc(Br)ccc1OCc1ccncc1. The maximum Gasteiger partial charge on any atom is 0.124 e. The highest BCUT2D eigenvalue weighted by molar-refractivity contribution is 9.10. The fourth-order valence-electron chi connectivity index (χ4n) is 1.73. The maximum atomic E-state index is 5.89. The lowest BCUT2D eigenvalue weighted by Crippen LogP contribution is -2.13. The first-order valence-electron chi connectivity index (χ1n) is 6.30. The molecule has 0 unspecified atom stereocenters. The minimum atomic E-state index is 0.559. The zero-order valence-corrected chi connectivity index (χ0v) is 12.5. The van der Waals surface area contributed by atoms with Crippen molar-refractivity contribution in [1.29, 1.82) is 0 Å². The zero-order valence-electron chi connectivity index (χ0n) is 10.9. The van der Waals surface area contributed by atoms with Gasteiger partial charge < -0.3 is 10.1 Å². The van der Waals surface area contributed by atoms with Crippen molar-refractivity contribution in [3.8, 4) is 5.75 Å². The van der Waals surface area contributed by atoms with E-state index in [4.69, 9.17) is 4.74 Å². The Hall–Kier alpha value is -1.39. The number of halogens is 1. The molecule has 0 aliphatic rings. The third-order valence-electron chi connectivity index (χ3n) is 2.73. The smallest absolute Gasteiger partial charge is 0.124 e. The van der Waals surface area contributed by atoms with E-state index in [1.807, 2.05) is 24.3 Å². The fourth-order valence-corrected chi connectivity index (χ4v) is 2.14. The van der Waals surface area contributed by atoms with Gasteiger partial charge in [-0.25, -0.2) is 0 Å². The van der Waals surface area contributed by atoms with Gasteiger partial charge in [-0.1, -0.05) is 22.9 Å². The fraction of sp³-hybridized carbons (Fsp3) is 0.267. The summed E-state index contributed by atoms with van der Waals surface area (Å²) in [5.74, 6) is 0.918. The second kappa shape index (κ2) is 7.26. The van der Waals surface area contributed by atoms with E-state index in [-0.39, 0.29) is 0 Å². The van der Waals surface area contributed by atoms with E-state index in [1.165, 1.54) is 0 Å². The lowest BCUT2D eigenvalue weighted by atomic mass is 10.2. The summed E-state index contributed by atoms with van der Waals surface area (Å²) in [4.78, 5) is 4.00. The minimum absolute atomic E-state index is 0.559. The first-order chi connectivity index (χ1) is 9.29. The lowest BCUT2D eigenvalue weighted by Gasteiger charge is -2.12. The van der Waals surface area contributed by atoms with Crippen LogP contribution in [0.15, 0.2) is 47.2 Å². The van der Waals surface area contributed by atoms with E-state index in [9.17, 15) is 0 Å². The van der Waals surface area contributed by atoms with Crippen molar-refractivity contribution in [3.63, 3.8) is 0 Å². The molecule has 0 saturated carbocycles. The van der Waals surface area contributed by atoms with Crippen molar-refractivity contribution in [2.75, 3.05) is 6.54 Å². The summed E-state index contributed by atoms with van der Waals surface area (Å²) in [5, 5.41) is 3.32. The summed E-state index contributed by atoms with van der Waals surface area (Å²) in [5.41, 5.74) is 2.28. The molecule has 0 fully saturated rings. The van der Waals surface area contributed by atoms with Gasteiger partial charge in [-0.2, -0.15) is 0 Å². The van der Waals surface area contributed by atoms with Crippen LogP contribution in [0.3, 0.4) is 0 Å². The summed E-state index contributed by atoms with van der Waals surface area (Å²) in [6.07, 6.45) is 3.56. The minimum Gasteiger partial charge on any atom is -0.489 e. The molecular formula is C15H17BrN2O. The van der Waals surface area contributed by atoms with Crippen LogP contribution in [0.2, 0.25) is 0 Å². The summed E-state index contributed by atoms with van der Waals surface area (Å²) < 4.78 is 6.95. The highest BCUT2D eigenvalue weighted by Crippen LogP contribution is 2.24. The Balaban J connectivity index is 2.06. The quantitative estimate of drug-likeness (QED) is 0.884. The summed E-state index contributed by atoms with van der Waals surface area (Å²) in [6, 6.07) is 10.0. The van der Waals surface area contributed by atoms with Gasteiger partial charge in [0.2, 0.25) is 0 Å². The number of pyridine rings is 1. The van der Waals surface area contributed by atoms with Crippen molar-refractivity contribution >= 4 is 15.9 Å². The molecule has 0 aliphatic carbocycles. The highest BCUT2D eigenvalue weighted by atomic mass is 79.9. The summed E-state index contributed by atoms with van der Waals surface area (Å²) in [7, 11) is 0. The van der Waals surface area contributed by atoms with Gasteiger partial charge in [0.25, 0.3) is 0 Å². The van der Waals surface area contributed by atoms with Crippen molar-refractivity contribution in [3.05, 3.63) is 58.3 Å². The number of aromatic nitrogens is 1. The standard InChI is InChI=1S/C15H17BrN2O/c1-2-17-10-13-9-14(16)3-4-15(13)19-11-12-5-7-18-8-6-12/h3-9,17H,2,10-11H2,1H3. The second-order valence-electron chi connectivity index (χ2n) is 4.18. The van der Waals surface area contributed by atoms with Crippen LogP contribution in [0.1, 0.15) is 18.1 Å². The maximum absolute atomic E-state index is 5.89. The first kappa shape index (κ1) is 14.0. The molecule has 1 aromatic heterocycles. The molecule has 2 aromatic rings. The Kier molecular flexibility index (Phi) is 5.36. The van der Waals surface area contributed by atoms with Crippen LogP contribution in [-0.4, -0.2) is 11.5 Å². The van der Waals surface area contributed by atoms with Crippen LogP contribution >= 0.6 is 15.9 Å². The molecule has 0 spiro atoms. The molecule has 0 atom stereocenters. The van der Waals surface area contributed by atoms with Gasteiger partial charge in [-0.15, -0.1) is 0 Å². The largest absolute Gasteiger partial charge is 0.489 e. The van der Waals surface area contributed by atoms with E-state index in [1.54, 1.807) is 12.4 Å². The molecule has 1 aromatic carbocycles. The average Bonchev–Trinajstić information content (AvgIpc) is 2.45. The molecular weight excluding hydrogens is 304 g/mol. The molecule has 0 bridgehead atoms. The first-order valence-corrected chi connectivity index (χ1v) is 7.09. The number of nitrogens with one attached hydrogen (secondary N) is 1. The average molecular weight is 321 g/mol. The third kappa shape index (κ3) is 4.33. The molecule has 100 valence electrons. The number of nitrogens with zero attached hydrogens (tertiary/aromatic N) is 1. The Morgan fingerprint density at radius 2 is 2.00 bits per heavy atom. The summed E-state index contributed by atoms with van der Waals surface area (Å²) in [6.45, 7) is 4.40. The number of benzene rings is 1. The Bertz CT molecular complexity index is 517. The van der Waals surface area contributed by atoms with Gasteiger partial charge in [0.1, 0.15) is 12.4 Å². The van der Waals surface area contributed by atoms with Gasteiger partial charge in [0, 0.05) is 29.0 Å². The van der Waals surface area contributed by atoms with E-state index < -0.39 is 0 Å². The molecule has 1 N–H and O–H groups in total. The Morgan fingerprint density at radius 1 is 1.21 bits per heavy atom. The predicted molar refractivity (Wildman–Crippen MR) is 80.1 cm³/mol. The van der Waals surface area contributed by atoms with Gasteiger partial charge in [-0.05, 0) is 42.4 Å². The molecule has 0 radical (unpaired) electrons. The van der Waals surface area contributed by atoms with Crippen LogP contribution < -0.4 is 10.1 Å². The molecule has 0 saturated heterocycles. The summed E-state index contributed by atoms with van der Waals surface area (Å²) >= 11 is 3.49. The monoisotopic (exact) mass is 320 g/mol. The van der Waals surface area contributed by atoms with Crippen LogP contribution in [0.4, 0.5) is 0 Å². The molecule has 1 heterocycles. The number of hydrogen-bond acceptors (Lipinski definition) is 3. The lowest BCUT2D eigenvalue weighted by molar-refractivity contribution is 0.302. The van der Waals surface area contributed by atoms with Gasteiger partial charge in [-0.3, -0.25) is 4.98 Å². The van der Waals surface area contributed by atoms with Gasteiger partial charge in [0.15, 0.2) is 0 Å². The van der Waals surface area contributed by atoms with Crippen molar-refractivity contribution in [1.82, 2.24) is 10.3 Å². The van der Waals surface area contributed by atoms with E-state index in [0.29, 0.717) is 6.61 Å². The molecule has 0 amide bonds. The van der Waals surface area contributed by atoms with Crippen LogP contribution in [-0.2, 0) is 13.2 Å². The van der Waals surface area contributed by atoms with Crippen LogP contribution in [0, 0.1) is 0 Å². The van der Waals surface area contributed by atoms with E-state index >= 15 is 0 Å². The molecule has 19 heavy (non-hydrogen) atoms. The van der Waals surface area contributed by atoms with Crippen molar-refractivity contribution in [2.45, 2.75) is 20.1 Å². The Labute approximate surface area is 122 Å².